The largest absolute Gasteiger partial charge is 0.376 e. The SMILES string of the molecule is CC(C)[C@H]1CC[C@H]2C3[C@H](OCCN)CC4=C[C@H](OCCN)CC[C@]4(C)[C@H]3CC[C@]12C. The highest BCUT2D eigenvalue weighted by atomic mass is 16.5. The molecule has 4 heteroatoms. The molecule has 4 rings (SSSR count). The molecular formula is C26H46N2O2. The molecule has 0 bridgehead atoms. The summed E-state index contributed by atoms with van der Waals surface area (Å²) in [5.74, 6) is 3.87. The Morgan fingerprint density at radius 3 is 2.40 bits per heavy atom. The van der Waals surface area contributed by atoms with Crippen molar-refractivity contribution in [3.63, 3.8) is 0 Å². The van der Waals surface area contributed by atoms with Gasteiger partial charge in [0.25, 0.3) is 0 Å². The van der Waals surface area contributed by atoms with Crippen molar-refractivity contribution in [3.05, 3.63) is 11.6 Å². The first kappa shape index (κ1) is 22.8. The minimum Gasteiger partial charge on any atom is -0.376 e. The monoisotopic (exact) mass is 418 g/mol. The normalized spacial score (nSPS) is 45.6. The summed E-state index contributed by atoms with van der Waals surface area (Å²) in [7, 11) is 0. The van der Waals surface area contributed by atoms with E-state index in [2.05, 4.69) is 33.8 Å². The van der Waals surface area contributed by atoms with E-state index < -0.39 is 0 Å². The highest BCUT2D eigenvalue weighted by molar-refractivity contribution is 5.27. The lowest BCUT2D eigenvalue weighted by Crippen LogP contribution is -2.56. The van der Waals surface area contributed by atoms with Crippen LogP contribution in [0.4, 0.5) is 0 Å². The molecule has 0 spiro atoms. The van der Waals surface area contributed by atoms with Crippen LogP contribution in [0.25, 0.3) is 0 Å². The van der Waals surface area contributed by atoms with Gasteiger partial charge in [0.15, 0.2) is 0 Å². The molecule has 4 N–H and O–H groups in total. The summed E-state index contributed by atoms with van der Waals surface area (Å²) in [6, 6.07) is 0. The van der Waals surface area contributed by atoms with Crippen molar-refractivity contribution in [1.29, 1.82) is 0 Å². The average molecular weight is 419 g/mol. The fraction of sp³-hybridized carbons (Fsp3) is 0.923. The first-order chi connectivity index (χ1) is 14.3. The minimum absolute atomic E-state index is 0.231. The number of rotatable bonds is 7. The molecule has 0 radical (unpaired) electrons. The summed E-state index contributed by atoms with van der Waals surface area (Å²) in [4.78, 5) is 0. The third-order valence-electron chi connectivity index (χ3n) is 9.85. The summed E-state index contributed by atoms with van der Waals surface area (Å²) in [5.41, 5.74) is 14.0. The van der Waals surface area contributed by atoms with Crippen LogP contribution in [-0.2, 0) is 9.47 Å². The molecule has 172 valence electrons. The van der Waals surface area contributed by atoms with Gasteiger partial charge < -0.3 is 20.9 Å². The summed E-state index contributed by atoms with van der Waals surface area (Å²) < 4.78 is 12.6. The zero-order chi connectivity index (χ0) is 21.5. The van der Waals surface area contributed by atoms with Gasteiger partial charge in [0.05, 0.1) is 25.4 Å². The summed E-state index contributed by atoms with van der Waals surface area (Å²) in [5, 5.41) is 0. The van der Waals surface area contributed by atoms with Crippen LogP contribution in [0.5, 0.6) is 0 Å². The maximum Gasteiger partial charge on any atom is 0.0759 e. The number of hydrogen-bond donors (Lipinski definition) is 2. The van der Waals surface area contributed by atoms with Crippen LogP contribution < -0.4 is 11.5 Å². The molecule has 3 fully saturated rings. The van der Waals surface area contributed by atoms with Crippen molar-refractivity contribution in [2.24, 2.45) is 51.9 Å². The van der Waals surface area contributed by atoms with Crippen molar-refractivity contribution in [1.82, 2.24) is 0 Å². The van der Waals surface area contributed by atoms with E-state index in [0.29, 0.717) is 49.2 Å². The predicted octanol–water partition coefficient (Wildman–Crippen LogP) is 4.52. The van der Waals surface area contributed by atoms with Gasteiger partial charge in [0, 0.05) is 13.1 Å². The standard InChI is InChI=1S/C26H46N2O2/c1-17(2)20-5-6-21-24-22(8-10-26(20,21)4)25(3)9-7-19(29-13-11-27)15-18(25)16-23(24)30-14-12-28/h15,17,19-24H,5-14,16,27-28H2,1-4H3/t19-,20-,21+,22+,23-,24?,25+,26-/m1/s1. The highest BCUT2D eigenvalue weighted by Crippen LogP contribution is 2.68. The average Bonchev–Trinajstić information content (AvgIpc) is 3.08. The van der Waals surface area contributed by atoms with Crippen molar-refractivity contribution < 1.29 is 9.47 Å². The number of fused-ring (bicyclic) bond motifs is 5. The van der Waals surface area contributed by atoms with Gasteiger partial charge in [0.2, 0.25) is 0 Å². The van der Waals surface area contributed by atoms with Crippen LogP contribution >= 0.6 is 0 Å². The second kappa shape index (κ2) is 8.84. The van der Waals surface area contributed by atoms with Gasteiger partial charge in [-0.2, -0.15) is 0 Å². The molecule has 0 heterocycles. The molecule has 1 unspecified atom stereocenters. The lowest BCUT2D eigenvalue weighted by Gasteiger charge is -2.61. The van der Waals surface area contributed by atoms with E-state index in [9.17, 15) is 0 Å². The van der Waals surface area contributed by atoms with E-state index in [4.69, 9.17) is 20.9 Å². The fourth-order valence-electron chi connectivity index (χ4n) is 8.51. The molecule has 0 aromatic heterocycles. The van der Waals surface area contributed by atoms with E-state index in [-0.39, 0.29) is 6.10 Å². The highest BCUT2D eigenvalue weighted by Gasteiger charge is 2.61. The molecule has 8 atom stereocenters. The smallest absolute Gasteiger partial charge is 0.0759 e. The molecule has 0 amide bonds. The van der Waals surface area contributed by atoms with Crippen LogP contribution in [-0.4, -0.2) is 38.5 Å². The Morgan fingerprint density at radius 1 is 0.967 bits per heavy atom. The van der Waals surface area contributed by atoms with Gasteiger partial charge in [-0.3, -0.25) is 0 Å². The van der Waals surface area contributed by atoms with E-state index >= 15 is 0 Å². The molecule has 0 aromatic rings. The molecular weight excluding hydrogens is 372 g/mol. The Bertz CT molecular complexity index is 635. The van der Waals surface area contributed by atoms with Crippen molar-refractivity contribution in [3.8, 4) is 0 Å². The number of nitrogens with two attached hydrogens (primary N) is 2. The van der Waals surface area contributed by atoms with Crippen LogP contribution in [0.1, 0.15) is 72.6 Å². The Kier molecular flexibility index (Phi) is 6.71. The Morgan fingerprint density at radius 2 is 1.70 bits per heavy atom. The lowest BCUT2D eigenvalue weighted by atomic mass is 9.45. The first-order valence-electron chi connectivity index (χ1n) is 12.7. The van der Waals surface area contributed by atoms with Crippen LogP contribution in [0.2, 0.25) is 0 Å². The zero-order valence-electron chi connectivity index (χ0n) is 19.9. The fourth-order valence-corrected chi connectivity index (χ4v) is 8.51. The van der Waals surface area contributed by atoms with Gasteiger partial charge in [-0.1, -0.05) is 39.3 Å². The minimum atomic E-state index is 0.231. The van der Waals surface area contributed by atoms with Crippen molar-refractivity contribution in [2.75, 3.05) is 26.3 Å². The third kappa shape index (κ3) is 3.70. The topological polar surface area (TPSA) is 70.5 Å². The van der Waals surface area contributed by atoms with E-state index in [0.717, 1.165) is 36.5 Å². The van der Waals surface area contributed by atoms with Crippen LogP contribution in [0.15, 0.2) is 11.6 Å². The second-order valence-corrected chi connectivity index (χ2v) is 11.5. The van der Waals surface area contributed by atoms with Crippen molar-refractivity contribution in [2.45, 2.75) is 84.8 Å². The van der Waals surface area contributed by atoms with Gasteiger partial charge in [-0.25, -0.2) is 0 Å². The van der Waals surface area contributed by atoms with Gasteiger partial charge in [-0.05, 0) is 85.4 Å². The molecule has 3 saturated carbocycles. The first-order valence-corrected chi connectivity index (χ1v) is 12.7. The van der Waals surface area contributed by atoms with Gasteiger partial charge >= 0.3 is 0 Å². The Balaban J connectivity index is 1.65. The molecule has 0 aromatic carbocycles. The maximum atomic E-state index is 6.53. The Labute approximate surface area is 184 Å². The van der Waals surface area contributed by atoms with Crippen LogP contribution in [0, 0.1) is 40.4 Å². The van der Waals surface area contributed by atoms with E-state index in [1.807, 2.05) is 0 Å². The summed E-state index contributed by atoms with van der Waals surface area (Å²) in [6.45, 7) is 12.6. The molecule has 4 aliphatic carbocycles. The van der Waals surface area contributed by atoms with Gasteiger partial charge in [-0.15, -0.1) is 0 Å². The second-order valence-electron chi connectivity index (χ2n) is 11.5. The van der Waals surface area contributed by atoms with Crippen LogP contribution in [0.3, 0.4) is 0 Å². The van der Waals surface area contributed by atoms with E-state index in [1.54, 1.807) is 5.57 Å². The van der Waals surface area contributed by atoms with Gasteiger partial charge in [0.1, 0.15) is 0 Å². The third-order valence-corrected chi connectivity index (χ3v) is 9.85. The quantitative estimate of drug-likeness (QED) is 0.596. The zero-order valence-corrected chi connectivity index (χ0v) is 19.9. The van der Waals surface area contributed by atoms with E-state index in [1.165, 1.54) is 32.1 Å². The summed E-state index contributed by atoms with van der Waals surface area (Å²) in [6.07, 6.45) is 12.0. The molecule has 30 heavy (non-hydrogen) atoms. The number of ether oxygens (including phenoxy) is 2. The number of hydrogen-bond acceptors (Lipinski definition) is 4. The summed E-state index contributed by atoms with van der Waals surface area (Å²) >= 11 is 0. The molecule has 4 aliphatic rings. The molecule has 4 nitrogen and oxygen atoms in total. The molecule has 0 saturated heterocycles. The predicted molar refractivity (Wildman–Crippen MR) is 123 cm³/mol. The lowest BCUT2D eigenvalue weighted by molar-refractivity contribution is -0.134. The van der Waals surface area contributed by atoms with Crippen molar-refractivity contribution >= 4 is 0 Å². The molecule has 0 aliphatic heterocycles. The Hall–Kier alpha value is -0.420. The maximum absolute atomic E-state index is 6.53.